The van der Waals surface area contributed by atoms with Crippen LogP contribution in [0.5, 0.6) is 0 Å². The second kappa shape index (κ2) is 9.02. The molecule has 1 N–H and O–H groups in total. The van der Waals surface area contributed by atoms with Crippen LogP contribution in [0, 0.1) is 11.2 Å². The number of nitrogens with zero attached hydrogens (tertiary/aromatic N) is 4. The van der Waals surface area contributed by atoms with Crippen molar-refractivity contribution in [1.82, 2.24) is 19.9 Å². The third-order valence-corrected chi connectivity index (χ3v) is 5.51. The first kappa shape index (κ1) is 21.9. The first-order chi connectivity index (χ1) is 15.3. The van der Waals surface area contributed by atoms with E-state index in [9.17, 15) is 9.18 Å². The maximum absolute atomic E-state index is 13.7. The molecule has 6 nitrogen and oxygen atoms in total. The van der Waals surface area contributed by atoms with Crippen molar-refractivity contribution in [1.29, 1.82) is 0 Å². The van der Waals surface area contributed by atoms with Crippen LogP contribution in [0.25, 0.3) is 11.3 Å². The maximum atomic E-state index is 13.7. The molecule has 1 unspecified atom stereocenters. The number of nitrogens with one attached hydrogen (secondary N) is 1. The Morgan fingerprint density at radius 1 is 1.16 bits per heavy atom. The van der Waals surface area contributed by atoms with E-state index < -0.39 is 5.41 Å². The monoisotopic (exact) mass is 433 g/mol. The number of likely N-dealkylation sites (tertiary alicyclic amines) is 1. The van der Waals surface area contributed by atoms with Gasteiger partial charge in [0.25, 0.3) is 0 Å². The summed E-state index contributed by atoms with van der Waals surface area (Å²) in [6.45, 7) is 7.17. The molecule has 0 spiro atoms. The van der Waals surface area contributed by atoms with Crippen LogP contribution in [0.3, 0.4) is 0 Å². The average Bonchev–Trinajstić information content (AvgIpc) is 2.78. The predicted molar refractivity (Wildman–Crippen MR) is 123 cm³/mol. The second-order valence-electron chi connectivity index (χ2n) is 9.21. The van der Waals surface area contributed by atoms with Crippen molar-refractivity contribution < 1.29 is 9.18 Å². The fourth-order valence-corrected chi connectivity index (χ4v) is 3.94. The van der Waals surface area contributed by atoms with Crippen LogP contribution in [0.2, 0.25) is 0 Å². The van der Waals surface area contributed by atoms with Gasteiger partial charge in [-0.05, 0) is 43.2 Å². The van der Waals surface area contributed by atoms with Gasteiger partial charge in [-0.2, -0.15) is 0 Å². The predicted octanol–water partition coefficient (Wildman–Crippen LogP) is 5.17. The summed E-state index contributed by atoms with van der Waals surface area (Å²) in [5.41, 5.74) is 1.79. The van der Waals surface area contributed by atoms with E-state index in [2.05, 4.69) is 10.3 Å². The van der Waals surface area contributed by atoms with E-state index in [1.165, 1.54) is 12.1 Å². The van der Waals surface area contributed by atoms with Crippen molar-refractivity contribution in [3.8, 4) is 11.3 Å². The van der Waals surface area contributed by atoms with E-state index in [1.54, 1.807) is 24.5 Å². The molecule has 32 heavy (non-hydrogen) atoms. The highest BCUT2D eigenvalue weighted by molar-refractivity contribution is 5.81. The maximum Gasteiger partial charge on any atom is 0.227 e. The van der Waals surface area contributed by atoms with Crippen LogP contribution in [0.4, 0.5) is 15.9 Å². The van der Waals surface area contributed by atoms with Gasteiger partial charge in [0.15, 0.2) is 0 Å². The van der Waals surface area contributed by atoms with Crippen LogP contribution < -0.4 is 5.32 Å². The molecule has 4 rings (SSSR count). The first-order valence-corrected chi connectivity index (χ1v) is 10.9. The Balaban J connectivity index is 1.68. The van der Waals surface area contributed by atoms with Gasteiger partial charge in [-0.15, -0.1) is 0 Å². The zero-order valence-corrected chi connectivity index (χ0v) is 18.7. The highest BCUT2D eigenvalue weighted by Crippen LogP contribution is 2.31. The molecule has 0 aliphatic carbocycles. The molecule has 0 bridgehead atoms. The van der Waals surface area contributed by atoms with Crippen molar-refractivity contribution in [2.45, 2.75) is 39.5 Å². The van der Waals surface area contributed by atoms with Crippen LogP contribution in [0.1, 0.15) is 45.4 Å². The number of aromatic nitrogens is 3. The van der Waals surface area contributed by atoms with Crippen molar-refractivity contribution in [3.05, 3.63) is 66.5 Å². The number of piperidine rings is 1. The fourth-order valence-electron chi connectivity index (χ4n) is 3.94. The zero-order chi connectivity index (χ0) is 22.7. The molecule has 1 atom stereocenters. The molecule has 1 aromatic carbocycles. The van der Waals surface area contributed by atoms with E-state index >= 15 is 0 Å². The lowest BCUT2D eigenvalue weighted by molar-refractivity contribution is -0.140. The number of halogens is 1. The van der Waals surface area contributed by atoms with E-state index in [4.69, 9.17) is 9.97 Å². The number of hydrogen-bond donors (Lipinski definition) is 1. The number of anilines is 2. The Hall–Kier alpha value is -3.35. The van der Waals surface area contributed by atoms with E-state index in [1.807, 2.05) is 43.9 Å². The summed E-state index contributed by atoms with van der Waals surface area (Å²) in [5, 5.41) is 3.20. The second-order valence-corrected chi connectivity index (χ2v) is 9.21. The molecule has 7 heteroatoms. The molecule has 0 saturated carbocycles. The Bertz CT molecular complexity index is 1100. The summed E-state index contributed by atoms with van der Waals surface area (Å²) < 4.78 is 13.7. The van der Waals surface area contributed by atoms with Crippen LogP contribution in [-0.2, 0) is 4.79 Å². The summed E-state index contributed by atoms with van der Waals surface area (Å²) in [6.07, 6.45) is 5.28. The minimum Gasteiger partial charge on any atom is -0.342 e. The molecular weight excluding hydrogens is 405 g/mol. The third kappa shape index (κ3) is 5.10. The largest absolute Gasteiger partial charge is 0.342 e. The van der Waals surface area contributed by atoms with Crippen LogP contribution >= 0.6 is 0 Å². The highest BCUT2D eigenvalue weighted by atomic mass is 19.1. The summed E-state index contributed by atoms with van der Waals surface area (Å²) in [4.78, 5) is 28.6. The smallest absolute Gasteiger partial charge is 0.227 e. The lowest BCUT2D eigenvalue weighted by Gasteiger charge is -2.36. The van der Waals surface area contributed by atoms with Gasteiger partial charge in [0.05, 0.1) is 5.69 Å². The number of amides is 1. The highest BCUT2D eigenvalue weighted by Gasteiger charge is 2.32. The van der Waals surface area contributed by atoms with Gasteiger partial charge in [-0.3, -0.25) is 9.78 Å². The minimum absolute atomic E-state index is 0.0275. The molecule has 3 heterocycles. The standard InChI is InChI=1S/C25H28FN5O/c1-25(2,3)24(32)31-12-6-8-18(16-31)23-29-21(17-7-5-11-27-15-17)14-22(30-23)28-20-10-4-9-19(26)13-20/h4-5,7,9-11,13-15,18H,6,8,12,16H2,1-3H3,(H,28,29,30). The van der Waals surface area contributed by atoms with Gasteiger partial charge in [-0.1, -0.05) is 26.8 Å². The van der Waals surface area contributed by atoms with Gasteiger partial charge in [0.1, 0.15) is 17.5 Å². The summed E-state index contributed by atoms with van der Waals surface area (Å²) in [6, 6.07) is 11.9. The van der Waals surface area contributed by atoms with Crippen molar-refractivity contribution >= 4 is 17.4 Å². The Kier molecular flexibility index (Phi) is 6.17. The van der Waals surface area contributed by atoms with Crippen LogP contribution in [0.15, 0.2) is 54.9 Å². The molecule has 1 saturated heterocycles. The Morgan fingerprint density at radius 2 is 2.00 bits per heavy atom. The Labute approximate surface area is 187 Å². The molecule has 166 valence electrons. The molecular formula is C25H28FN5O. The average molecular weight is 434 g/mol. The lowest BCUT2D eigenvalue weighted by Crippen LogP contribution is -2.44. The van der Waals surface area contributed by atoms with E-state index in [0.717, 1.165) is 30.6 Å². The number of benzene rings is 1. The molecule has 1 aliphatic rings. The van der Waals surface area contributed by atoms with E-state index in [0.29, 0.717) is 23.9 Å². The summed E-state index contributed by atoms with van der Waals surface area (Å²) >= 11 is 0. The van der Waals surface area contributed by atoms with Crippen molar-refractivity contribution in [3.63, 3.8) is 0 Å². The van der Waals surface area contributed by atoms with Gasteiger partial charge in [0, 0.05) is 54.1 Å². The number of carbonyl (C=O) groups excluding carboxylic acids is 1. The molecule has 2 aromatic heterocycles. The van der Waals surface area contributed by atoms with Crippen molar-refractivity contribution in [2.75, 3.05) is 18.4 Å². The molecule has 0 radical (unpaired) electrons. The fraction of sp³-hybridized carbons (Fsp3) is 0.360. The van der Waals surface area contributed by atoms with Gasteiger partial charge >= 0.3 is 0 Å². The minimum atomic E-state index is -0.426. The number of hydrogen-bond acceptors (Lipinski definition) is 5. The summed E-state index contributed by atoms with van der Waals surface area (Å²) in [5.74, 6) is 1.11. The molecule has 1 fully saturated rings. The number of carbonyl (C=O) groups is 1. The van der Waals surface area contributed by atoms with Gasteiger partial charge in [0.2, 0.25) is 5.91 Å². The topological polar surface area (TPSA) is 71.0 Å². The first-order valence-electron chi connectivity index (χ1n) is 10.9. The molecule has 1 amide bonds. The zero-order valence-electron chi connectivity index (χ0n) is 18.7. The molecule has 1 aliphatic heterocycles. The number of rotatable bonds is 4. The SMILES string of the molecule is CC(C)(C)C(=O)N1CCCC(c2nc(Nc3cccc(F)c3)cc(-c3cccnc3)n2)C1. The van der Waals surface area contributed by atoms with Crippen LogP contribution in [-0.4, -0.2) is 38.8 Å². The normalized spacial score (nSPS) is 16.6. The van der Waals surface area contributed by atoms with Crippen molar-refractivity contribution in [2.24, 2.45) is 5.41 Å². The van der Waals surface area contributed by atoms with E-state index in [-0.39, 0.29) is 17.6 Å². The molecule has 3 aromatic rings. The Morgan fingerprint density at radius 3 is 2.72 bits per heavy atom. The van der Waals surface area contributed by atoms with Gasteiger partial charge in [-0.25, -0.2) is 14.4 Å². The third-order valence-electron chi connectivity index (χ3n) is 5.51. The van der Waals surface area contributed by atoms with Gasteiger partial charge < -0.3 is 10.2 Å². The quantitative estimate of drug-likeness (QED) is 0.614. The number of pyridine rings is 1. The summed E-state index contributed by atoms with van der Waals surface area (Å²) in [7, 11) is 0. The lowest BCUT2D eigenvalue weighted by atomic mass is 9.91.